The van der Waals surface area contributed by atoms with E-state index in [0.29, 0.717) is 11.5 Å². The van der Waals surface area contributed by atoms with Crippen LogP contribution in [-0.2, 0) is 10.3 Å². The van der Waals surface area contributed by atoms with Gasteiger partial charge >= 0.3 is 0 Å². The Hall–Kier alpha value is -1.80. The highest BCUT2D eigenvalue weighted by Crippen LogP contribution is 2.54. The molecule has 0 aliphatic heterocycles. The lowest BCUT2D eigenvalue weighted by Crippen LogP contribution is -2.07. The zero-order valence-corrected chi connectivity index (χ0v) is 10.2. The quantitative estimate of drug-likeness (QED) is 0.592. The molecule has 17 heavy (non-hydrogen) atoms. The fraction of sp³-hybridized carbons (Fsp3) is 0.462. The second kappa shape index (κ2) is 4.22. The first-order valence-corrected chi connectivity index (χ1v) is 5.49. The SMILES string of the molecule is COc1c(C)ccc(C2(N=C=O)CC2)c1OC. The molecule has 0 aromatic heterocycles. The van der Waals surface area contributed by atoms with Crippen molar-refractivity contribution in [1.82, 2.24) is 0 Å². The summed E-state index contributed by atoms with van der Waals surface area (Å²) >= 11 is 0. The van der Waals surface area contributed by atoms with Crippen LogP contribution in [0, 0.1) is 6.92 Å². The van der Waals surface area contributed by atoms with Crippen molar-refractivity contribution in [2.75, 3.05) is 14.2 Å². The van der Waals surface area contributed by atoms with Crippen LogP contribution in [0.3, 0.4) is 0 Å². The maximum atomic E-state index is 10.5. The van der Waals surface area contributed by atoms with Crippen molar-refractivity contribution in [2.24, 2.45) is 4.99 Å². The van der Waals surface area contributed by atoms with Gasteiger partial charge in [-0.05, 0) is 25.3 Å². The molecule has 1 saturated carbocycles. The van der Waals surface area contributed by atoms with E-state index in [2.05, 4.69) is 4.99 Å². The fourth-order valence-corrected chi connectivity index (χ4v) is 2.13. The Morgan fingerprint density at radius 2 is 1.88 bits per heavy atom. The first-order chi connectivity index (χ1) is 8.18. The second-order valence-electron chi connectivity index (χ2n) is 4.23. The van der Waals surface area contributed by atoms with E-state index in [1.54, 1.807) is 20.3 Å². The van der Waals surface area contributed by atoms with Gasteiger partial charge in [0.15, 0.2) is 11.5 Å². The zero-order chi connectivity index (χ0) is 12.5. The van der Waals surface area contributed by atoms with Crippen molar-refractivity contribution in [3.63, 3.8) is 0 Å². The highest BCUT2D eigenvalue weighted by molar-refractivity contribution is 5.56. The lowest BCUT2D eigenvalue weighted by molar-refractivity contribution is 0.346. The topological polar surface area (TPSA) is 47.9 Å². The van der Waals surface area contributed by atoms with Crippen LogP contribution in [0.1, 0.15) is 24.0 Å². The van der Waals surface area contributed by atoms with Crippen LogP contribution in [0.2, 0.25) is 0 Å². The van der Waals surface area contributed by atoms with Crippen LogP contribution < -0.4 is 9.47 Å². The summed E-state index contributed by atoms with van der Waals surface area (Å²) in [4.78, 5) is 14.4. The van der Waals surface area contributed by atoms with Gasteiger partial charge in [0.05, 0.1) is 14.2 Å². The van der Waals surface area contributed by atoms with Gasteiger partial charge in [-0.3, -0.25) is 0 Å². The van der Waals surface area contributed by atoms with Gasteiger partial charge in [-0.25, -0.2) is 4.79 Å². The van der Waals surface area contributed by atoms with Gasteiger partial charge < -0.3 is 9.47 Å². The number of carbonyl (C=O) groups excluding carboxylic acids is 1. The second-order valence-corrected chi connectivity index (χ2v) is 4.23. The average Bonchev–Trinajstić information content (AvgIpc) is 3.09. The molecule has 0 heterocycles. The van der Waals surface area contributed by atoms with Crippen LogP contribution in [0.25, 0.3) is 0 Å². The molecule has 4 nitrogen and oxygen atoms in total. The predicted octanol–water partition coefficient (Wildman–Crippen LogP) is 2.34. The number of methoxy groups -OCH3 is 2. The molecule has 0 amide bonds. The molecular weight excluding hydrogens is 218 g/mol. The largest absolute Gasteiger partial charge is 0.493 e. The van der Waals surface area contributed by atoms with E-state index in [-0.39, 0.29) is 0 Å². The Bertz CT molecular complexity index is 486. The van der Waals surface area contributed by atoms with Crippen LogP contribution in [-0.4, -0.2) is 20.3 Å². The molecule has 1 aromatic rings. The van der Waals surface area contributed by atoms with Crippen LogP contribution in [0.5, 0.6) is 11.5 Å². The van der Waals surface area contributed by atoms with E-state index in [1.807, 2.05) is 19.1 Å². The molecule has 0 unspecified atom stereocenters. The van der Waals surface area contributed by atoms with Gasteiger partial charge in [0.25, 0.3) is 0 Å². The molecule has 0 N–H and O–H groups in total. The third-order valence-corrected chi connectivity index (χ3v) is 3.20. The van der Waals surface area contributed by atoms with Crippen LogP contribution >= 0.6 is 0 Å². The maximum absolute atomic E-state index is 10.5. The molecule has 4 heteroatoms. The molecule has 0 saturated heterocycles. The van der Waals surface area contributed by atoms with Gasteiger partial charge in [-0.2, -0.15) is 4.99 Å². The molecule has 1 aliphatic rings. The Balaban J connectivity index is 2.59. The van der Waals surface area contributed by atoms with Crippen LogP contribution in [0.15, 0.2) is 17.1 Å². The van der Waals surface area contributed by atoms with Gasteiger partial charge in [0, 0.05) is 5.56 Å². The Kier molecular flexibility index (Phi) is 2.90. The number of aryl methyl sites for hydroxylation is 1. The van der Waals surface area contributed by atoms with E-state index >= 15 is 0 Å². The normalized spacial score (nSPS) is 15.9. The van der Waals surface area contributed by atoms with Crippen molar-refractivity contribution >= 4 is 6.08 Å². The Morgan fingerprint density at radius 3 is 2.35 bits per heavy atom. The summed E-state index contributed by atoms with van der Waals surface area (Å²) in [5.41, 5.74) is 1.47. The summed E-state index contributed by atoms with van der Waals surface area (Å²) in [5.74, 6) is 1.38. The minimum atomic E-state index is -0.436. The molecule has 0 bridgehead atoms. The van der Waals surface area contributed by atoms with Crippen molar-refractivity contribution in [3.05, 3.63) is 23.3 Å². The fourth-order valence-electron chi connectivity index (χ4n) is 2.13. The number of nitrogens with zero attached hydrogens (tertiary/aromatic N) is 1. The van der Waals surface area contributed by atoms with E-state index in [4.69, 9.17) is 9.47 Å². The smallest absolute Gasteiger partial charge is 0.235 e. The number of isocyanates is 1. The third-order valence-electron chi connectivity index (χ3n) is 3.20. The molecule has 1 aliphatic carbocycles. The first-order valence-electron chi connectivity index (χ1n) is 5.49. The molecule has 0 spiro atoms. The highest BCUT2D eigenvalue weighted by atomic mass is 16.5. The third kappa shape index (κ3) is 1.81. The number of rotatable bonds is 4. The van der Waals surface area contributed by atoms with Gasteiger partial charge in [0.1, 0.15) is 5.54 Å². The summed E-state index contributed by atoms with van der Waals surface area (Å²) in [6, 6.07) is 3.90. The Labute approximate surface area is 100 Å². The van der Waals surface area contributed by atoms with E-state index in [0.717, 1.165) is 24.0 Å². The summed E-state index contributed by atoms with van der Waals surface area (Å²) < 4.78 is 10.7. The minimum Gasteiger partial charge on any atom is -0.493 e. The predicted molar refractivity (Wildman–Crippen MR) is 63.3 cm³/mol. The lowest BCUT2D eigenvalue weighted by atomic mass is 10.0. The summed E-state index contributed by atoms with van der Waals surface area (Å²) in [6.07, 6.45) is 3.35. The summed E-state index contributed by atoms with van der Waals surface area (Å²) in [6.45, 7) is 1.95. The van der Waals surface area contributed by atoms with E-state index in [1.165, 1.54) is 0 Å². The van der Waals surface area contributed by atoms with Crippen molar-refractivity contribution in [3.8, 4) is 11.5 Å². The molecule has 1 aromatic carbocycles. The summed E-state index contributed by atoms with van der Waals surface area (Å²) in [5, 5.41) is 0. The van der Waals surface area contributed by atoms with Crippen molar-refractivity contribution < 1.29 is 14.3 Å². The molecule has 0 atom stereocenters. The van der Waals surface area contributed by atoms with Gasteiger partial charge in [-0.15, -0.1) is 0 Å². The molecular formula is C13H15NO3. The average molecular weight is 233 g/mol. The standard InChI is InChI=1S/C13H15NO3/c1-9-4-5-10(12(17-3)11(9)16-2)13(6-7-13)14-8-15/h4-5H,6-7H2,1-3H3. The number of benzene rings is 1. The maximum Gasteiger partial charge on any atom is 0.235 e. The monoisotopic (exact) mass is 233 g/mol. The Morgan fingerprint density at radius 1 is 1.24 bits per heavy atom. The highest BCUT2D eigenvalue weighted by Gasteiger charge is 2.47. The van der Waals surface area contributed by atoms with Crippen molar-refractivity contribution in [1.29, 1.82) is 0 Å². The number of ether oxygens (including phenoxy) is 2. The molecule has 2 rings (SSSR count). The van der Waals surface area contributed by atoms with E-state index in [9.17, 15) is 4.79 Å². The number of hydrogen-bond donors (Lipinski definition) is 0. The lowest BCUT2D eigenvalue weighted by Gasteiger charge is -2.17. The van der Waals surface area contributed by atoms with Gasteiger partial charge in [-0.1, -0.05) is 12.1 Å². The number of hydrogen-bond acceptors (Lipinski definition) is 4. The first kappa shape index (κ1) is 11.7. The summed E-state index contributed by atoms with van der Waals surface area (Å²) in [7, 11) is 3.21. The molecule has 90 valence electrons. The van der Waals surface area contributed by atoms with E-state index < -0.39 is 5.54 Å². The van der Waals surface area contributed by atoms with Crippen LogP contribution in [0.4, 0.5) is 0 Å². The zero-order valence-electron chi connectivity index (χ0n) is 10.2. The molecule has 1 fully saturated rings. The van der Waals surface area contributed by atoms with Crippen molar-refractivity contribution in [2.45, 2.75) is 25.3 Å². The molecule has 0 radical (unpaired) electrons. The number of aliphatic imine (C=N–C) groups is 1. The minimum absolute atomic E-state index is 0.436. The van der Waals surface area contributed by atoms with Gasteiger partial charge in [0.2, 0.25) is 6.08 Å².